The molecule has 8 heteroatoms. The van der Waals surface area contributed by atoms with E-state index in [9.17, 15) is 9.59 Å². The minimum Gasteiger partial charge on any atom is -0.269 e. The highest BCUT2D eigenvalue weighted by Gasteiger charge is 2.40. The van der Waals surface area contributed by atoms with E-state index >= 15 is 0 Å². The van der Waals surface area contributed by atoms with E-state index in [0.717, 1.165) is 0 Å². The normalized spacial score (nSPS) is 14.7. The summed E-state index contributed by atoms with van der Waals surface area (Å²) in [5, 5.41) is 4.24. The summed E-state index contributed by atoms with van der Waals surface area (Å²) in [5.74, 6) is 0.357. The number of benzene rings is 1. The number of hydrogen-bond acceptors (Lipinski definition) is 6. The first-order valence-corrected chi connectivity index (χ1v) is 7.74. The smallest absolute Gasteiger partial charge is 0.262 e. The van der Waals surface area contributed by atoms with Gasteiger partial charge in [0.1, 0.15) is 17.8 Å². The molecule has 3 heterocycles. The molecule has 0 fully saturated rings. The SMILES string of the molecule is Cc1ncn(-c2nccnc2[C@@H](C)N2C(=O)c3ccccc3C2=O)n1. The molecule has 3 aromatic rings. The van der Waals surface area contributed by atoms with Gasteiger partial charge in [-0.15, -0.1) is 0 Å². The number of rotatable bonds is 3. The number of imide groups is 1. The Morgan fingerprint density at radius 1 is 0.960 bits per heavy atom. The van der Waals surface area contributed by atoms with E-state index in [-0.39, 0.29) is 11.8 Å². The van der Waals surface area contributed by atoms with E-state index < -0.39 is 6.04 Å². The van der Waals surface area contributed by atoms with Crippen LogP contribution in [0.5, 0.6) is 0 Å². The summed E-state index contributed by atoms with van der Waals surface area (Å²) in [5.41, 5.74) is 1.28. The molecule has 1 atom stereocenters. The first-order chi connectivity index (χ1) is 12.1. The lowest BCUT2D eigenvalue weighted by atomic mass is 10.1. The van der Waals surface area contributed by atoms with Crippen LogP contribution in [0.15, 0.2) is 43.0 Å². The van der Waals surface area contributed by atoms with Crippen molar-refractivity contribution in [3.63, 3.8) is 0 Å². The number of amides is 2. The molecule has 1 aliphatic rings. The highest BCUT2D eigenvalue weighted by molar-refractivity contribution is 6.21. The fourth-order valence-corrected chi connectivity index (χ4v) is 2.94. The van der Waals surface area contributed by atoms with Gasteiger partial charge >= 0.3 is 0 Å². The monoisotopic (exact) mass is 334 g/mol. The second-order valence-corrected chi connectivity index (χ2v) is 5.70. The molecule has 0 aliphatic carbocycles. The summed E-state index contributed by atoms with van der Waals surface area (Å²) in [6.45, 7) is 3.51. The van der Waals surface area contributed by atoms with Crippen LogP contribution in [-0.2, 0) is 0 Å². The Hall–Kier alpha value is -3.42. The third-order valence-electron chi connectivity index (χ3n) is 4.14. The largest absolute Gasteiger partial charge is 0.269 e. The second-order valence-electron chi connectivity index (χ2n) is 5.70. The van der Waals surface area contributed by atoms with E-state index in [0.29, 0.717) is 28.5 Å². The number of nitrogens with zero attached hydrogens (tertiary/aromatic N) is 6. The van der Waals surface area contributed by atoms with Crippen LogP contribution < -0.4 is 0 Å². The van der Waals surface area contributed by atoms with Gasteiger partial charge in [0.25, 0.3) is 11.8 Å². The quantitative estimate of drug-likeness (QED) is 0.677. The van der Waals surface area contributed by atoms with Crippen LogP contribution in [0.4, 0.5) is 0 Å². The van der Waals surface area contributed by atoms with Gasteiger partial charge in [-0.2, -0.15) is 5.10 Å². The van der Waals surface area contributed by atoms with Crippen LogP contribution in [0.3, 0.4) is 0 Å². The zero-order valence-corrected chi connectivity index (χ0v) is 13.6. The van der Waals surface area contributed by atoms with Gasteiger partial charge in [-0.25, -0.2) is 14.6 Å². The number of hydrogen-bond donors (Lipinski definition) is 0. The van der Waals surface area contributed by atoms with Crippen LogP contribution in [0, 0.1) is 6.92 Å². The summed E-state index contributed by atoms with van der Waals surface area (Å²) >= 11 is 0. The van der Waals surface area contributed by atoms with Gasteiger partial charge in [0, 0.05) is 12.4 Å². The molecule has 8 nitrogen and oxygen atoms in total. The van der Waals surface area contributed by atoms with Gasteiger partial charge in [-0.1, -0.05) is 12.1 Å². The Balaban J connectivity index is 1.77. The van der Waals surface area contributed by atoms with Gasteiger partial charge < -0.3 is 0 Å². The maximum atomic E-state index is 12.7. The Morgan fingerprint density at radius 2 is 1.60 bits per heavy atom. The molecule has 25 heavy (non-hydrogen) atoms. The van der Waals surface area contributed by atoms with Crippen molar-refractivity contribution in [2.24, 2.45) is 0 Å². The Labute approximate surface area is 143 Å². The first kappa shape index (κ1) is 15.1. The van der Waals surface area contributed by atoms with E-state index in [1.807, 2.05) is 0 Å². The molecule has 0 spiro atoms. The van der Waals surface area contributed by atoms with Crippen molar-refractivity contribution in [3.8, 4) is 5.82 Å². The third-order valence-corrected chi connectivity index (χ3v) is 4.14. The molecule has 4 rings (SSSR count). The highest BCUT2D eigenvalue weighted by Crippen LogP contribution is 2.31. The lowest BCUT2D eigenvalue weighted by Crippen LogP contribution is -2.33. The predicted octanol–water partition coefficient (Wildman–Crippen LogP) is 1.72. The fraction of sp³-hybridized carbons (Fsp3) is 0.176. The topological polar surface area (TPSA) is 93.9 Å². The summed E-state index contributed by atoms with van der Waals surface area (Å²) in [6.07, 6.45) is 4.58. The maximum Gasteiger partial charge on any atom is 0.262 e. The van der Waals surface area contributed by atoms with Gasteiger partial charge in [-0.05, 0) is 26.0 Å². The van der Waals surface area contributed by atoms with Gasteiger partial charge in [0.2, 0.25) is 0 Å². The molecule has 0 saturated carbocycles. The minimum absolute atomic E-state index is 0.334. The highest BCUT2D eigenvalue weighted by atomic mass is 16.2. The summed E-state index contributed by atoms with van der Waals surface area (Å²) in [7, 11) is 0. The predicted molar refractivity (Wildman–Crippen MR) is 87.0 cm³/mol. The Morgan fingerprint density at radius 3 is 2.20 bits per heavy atom. The van der Waals surface area contributed by atoms with Crippen LogP contribution in [0.25, 0.3) is 5.82 Å². The van der Waals surface area contributed by atoms with E-state index in [4.69, 9.17) is 0 Å². The lowest BCUT2D eigenvalue weighted by molar-refractivity contribution is 0.0592. The molecular formula is C17H14N6O2. The molecule has 0 saturated heterocycles. The van der Waals surface area contributed by atoms with E-state index in [1.165, 1.54) is 28.3 Å². The second kappa shape index (κ2) is 5.59. The lowest BCUT2D eigenvalue weighted by Gasteiger charge is -2.23. The Bertz CT molecular complexity index is 961. The summed E-state index contributed by atoms with van der Waals surface area (Å²) < 4.78 is 1.49. The molecule has 0 bridgehead atoms. The Kier molecular flexibility index (Phi) is 3.38. The molecule has 0 unspecified atom stereocenters. The van der Waals surface area contributed by atoms with Gasteiger partial charge in [0.15, 0.2) is 5.82 Å². The summed E-state index contributed by atoms with van der Waals surface area (Å²) in [4.78, 5) is 39.3. The standard InChI is InChI=1S/C17H14N6O2/c1-10(23-16(24)12-5-3-4-6-13(12)17(23)25)14-15(19-8-7-18-14)22-9-20-11(2)21-22/h3-10H,1-2H3/t10-/m1/s1. The number of aromatic nitrogens is 5. The number of carbonyl (C=O) groups is 2. The van der Waals surface area contributed by atoms with Crippen LogP contribution >= 0.6 is 0 Å². The van der Waals surface area contributed by atoms with Crippen molar-refractivity contribution in [1.29, 1.82) is 0 Å². The number of carbonyl (C=O) groups excluding carboxylic acids is 2. The average Bonchev–Trinajstić information content (AvgIpc) is 3.17. The first-order valence-electron chi connectivity index (χ1n) is 7.74. The molecule has 2 amide bonds. The van der Waals surface area contributed by atoms with E-state index in [2.05, 4.69) is 20.1 Å². The maximum absolute atomic E-state index is 12.7. The molecular weight excluding hydrogens is 320 g/mol. The van der Waals surface area contributed by atoms with Crippen molar-refractivity contribution >= 4 is 11.8 Å². The minimum atomic E-state index is -0.597. The zero-order valence-electron chi connectivity index (χ0n) is 13.6. The molecule has 0 N–H and O–H groups in total. The number of aryl methyl sites for hydroxylation is 1. The van der Waals surface area contributed by atoms with Crippen molar-refractivity contribution < 1.29 is 9.59 Å². The van der Waals surface area contributed by atoms with Crippen LogP contribution in [-0.4, -0.2) is 41.4 Å². The van der Waals surface area contributed by atoms with Crippen LogP contribution in [0.2, 0.25) is 0 Å². The van der Waals surface area contributed by atoms with E-state index in [1.54, 1.807) is 38.1 Å². The number of fused-ring (bicyclic) bond motifs is 1. The summed E-state index contributed by atoms with van der Waals surface area (Å²) in [6, 6.07) is 6.19. The molecule has 1 aromatic carbocycles. The third kappa shape index (κ3) is 2.30. The molecule has 0 radical (unpaired) electrons. The molecule has 2 aromatic heterocycles. The molecule has 1 aliphatic heterocycles. The van der Waals surface area contributed by atoms with Crippen molar-refractivity contribution in [1.82, 2.24) is 29.6 Å². The van der Waals surface area contributed by atoms with Crippen LogP contribution in [0.1, 0.15) is 45.2 Å². The zero-order chi connectivity index (χ0) is 17.6. The van der Waals surface area contributed by atoms with Gasteiger partial charge in [0.05, 0.1) is 17.2 Å². The average molecular weight is 334 g/mol. The van der Waals surface area contributed by atoms with Crippen molar-refractivity contribution in [2.75, 3.05) is 0 Å². The molecule has 124 valence electrons. The van der Waals surface area contributed by atoms with Crippen molar-refractivity contribution in [2.45, 2.75) is 19.9 Å². The van der Waals surface area contributed by atoms with Crippen molar-refractivity contribution in [3.05, 3.63) is 65.6 Å². The van der Waals surface area contributed by atoms with Gasteiger partial charge in [-0.3, -0.25) is 19.5 Å². The fourth-order valence-electron chi connectivity index (χ4n) is 2.94.